The number of hydrogen-bond donors (Lipinski definition) is 1. The van der Waals surface area contributed by atoms with Gasteiger partial charge in [0.25, 0.3) is 0 Å². The molecule has 0 spiro atoms. The van der Waals surface area contributed by atoms with Crippen molar-refractivity contribution in [2.75, 3.05) is 13.2 Å². The highest BCUT2D eigenvalue weighted by molar-refractivity contribution is 5.78. The fourth-order valence-corrected chi connectivity index (χ4v) is 0.740. The molecule has 3 nitrogen and oxygen atoms in total. The second kappa shape index (κ2) is 12.2. The third kappa shape index (κ3) is 23.2. The van der Waals surface area contributed by atoms with Crippen LogP contribution in [-0.2, 0) is 9.53 Å². The van der Waals surface area contributed by atoms with Crippen LogP contribution in [0, 0.1) is 11.8 Å². The molecule has 0 radical (unpaired) electrons. The molecule has 0 saturated carbocycles. The first-order valence-corrected chi connectivity index (χ1v) is 5.83. The quantitative estimate of drug-likeness (QED) is 0.539. The van der Waals surface area contributed by atoms with Gasteiger partial charge in [-0.25, -0.2) is 4.79 Å². The van der Waals surface area contributed by atoms with Crippen molar-refractivity contribution in [3.05, 3.63) is 12.7 Å². The fourth-order valence-electron chi connectivity index (χ4n) is 0.740. The lowest BCUT2D eigenvalue weighted by Gasteiger charge is -2.07. The summed E-state index contributed by atoms with van der Waals surface area (Å²) in [5.74, 6) is 0.563. The topological polar surface area (TPSA) is 46.5 Å². The van der Waals surface area contributed by atoms with Crippen LogP contribution in [0.3, 0.4) is 0 Å². The maximum Gasteiger partial charge on any atom is 0.327 e. The van der Waals surface area contributed by atoms with Crippen molar-refractivity contribution in [2.45, 2.75) is 40.5 Å². The van der Waals surface area contributed by atoms with Gasteiger partial charge in [0.2, 0.25) is 0 Å². The summed E-state index contributed by atoms with van der Waals surface area (Å²) < 4.78 is 5.46. The van der Waals surface area contributed by atoms with E-state index >= 15 is 0 Å². The number of carbonyl (C=O) groups is 1. The number of ether oxygens (including phenoxy) is 1. The number of rotatable bonds is 7. The van der Waals surface area contributed by atoms with Crippen LogP contribution in [0.1, 0.15) is 40.5 Å². The molecule has 0 aromatic rings. The summed E-state index contributed by atoms with van der Waals surface area (Å²) in [7, 11) is 0. The van der Waals surface area contributed by atoms with Crippen LogP contribution in [0.15, 0.2) is 12.7 Å². The van der Waals surface area contributed by atoms with Crippen molar-refractivity contribution in [3.63, 3.8) is 0 Å². The van der Waals surface area contributed by atoms with Crippen molar-refractivity contribution < 1.29 is 14.6 Å². The average Bonchev–Trinajstić information content (AvgIpc) is 2.17. The van der Waals surface area contributed by atoms with Gasteiger partial charge in [-0.1, -0.05) is 34.3 Å². The molecule has 0 aliphatic carbocycles. The van der Waals surface area contributed by atoms with Crippen LogP contribution in [0.2, 0.25) is 0 Å². The van der Waals surface area contributed by atoms with Crippen LogP contribution in [-0.4, -0.2) is 24.3 Å². The van der Waals surface area contributed by atoms with Crippen molar-refractivity contribution in [1.82, 2.24) is 0 Å². The van der Waals surface area contributed by atoms with Gasteiger partial charge >= 0.3 is 5.97 Å². The highest BCUT2D eigenvalue weighted by atomic mass is 16.5. The Bertz CT molecular complexity index is 164. The summed E-state index contributed by atoms with van der Waals surface area (Å²) in [6, 6.07) is 0. The first kappa shape index (κ1) is 17.6. The smallest absolute Gasteiger partial charge is 0.327 e. The molecule has 0 rings (SSSR count). The molecule has 0 amide bonds. The van der Waals surface area contributed by atoms with E-state index in [4.69, 9.17) is 9.84 Å². The van der Waals surface area contributed by atoms with Gasteiger partial charge in [-0.05, 0) is 24.7 Å². The number of carboxylic acids is 1. The molecule has 0 unspecified atom stereocenters. The highest BCUT2D eigenvalue weighted by Crippen LogP contribution is 2.02. The first-order chi connectivity index (χ1) is 7.40. The Hall–Kier alpha value is -0.830. The van der Waals surface area contributed by atoms with Crippen molar-refractivity contribution >= 4 is 5.97 Å². The summed E-state index contributed by atoms with van der Waals surface area (Å²) in [5.41, 5.74) is 0. The van der Waals surface area contributed by atoms with Crippen molar-refractivity contribution in [3.8, 4) is 0 Å². The van der Waals surface area contributed by atoms with E-state index in [0.29, 0.717) is 0 Å². The third-order valence-corrected chi connectivity index (χ3v) is 1.85. The summed E-state index contributed by atoms with van der Waals surface area (Å²) in [6.45, 7) is 13.7. The SMILES string of the molecule is C=CC(=O)O.CC(C)CCOCCC(C)C. The average molecular weight is 230 g/mol. The maximum atomic E-state index is 9.25. The van der Waals surface area contributed by atoms with Crippen LogP contribution in [0.4, 0.5) is 0 Å². The van der Waals surface area contributed by atoms with E-state index in [-0.39, 0.29) is 0 Å². The van der Waals surface area contributed by atoms with Gasteiger partial charge in [-0.2, -0.15) is 0 Å². The van der Waals surface area contributed by atoms with E-state index < -0.39 is 5.97 Å². The Balaban J connectivity index is 0. The number of aliphatic carboxylic acids is 1. The molecule has 0 fully saturated rings. The zero-order chi connectivity index (χ0) is 13.0. The van der Waals surface area contributed by atoms with E-state index in [1.165, 1.54) is 12.8 Å². The largest absolute Gasteiger partial charge is 0.478 e. The standard InChI is InChI=1S/C10H22O.C3H4O2/c1-9(2)5-7-11-8-6-10(3)4;1-2-3(4)5/h9-10H,5-8H2,1-4H3;2H,1H2,(H,4,5). The molecule has 0 heterocycles. The number of carboxylic acid groups (broad SMARTS) is 1. The predicted molar refractivity (Wildman–Crippen MR) is 67.6 cm³/mol. The lowest BCUT2D eigenvalue weighted by Crippen LogP contribution is -2.02. The fraction of sp³-hybridized carbons (Fsp3) is 0.769. The molecule has 96 valence electrons. The zero-order valence-electron chi connectivity index (χ0n) is 11.0. The Morgan fingerprint density at radius 3 is 1.69 bits per heavy atom. The minimum absolute atomic E-state index is 0.772. The molecule has 0 aliphatic heterocycles. The molecule has 1 N–H and O–H groups in total. The molecule has 3 heteroatoms. The second-order valence-electron chi connectivity index (χ2n) is 4.52. The number of hydrogen-bond acceptors (Lipinski definition) is 2. The molecule has 0 aromatic carbocycles. The maximum absolute atomic E-state index is 9.25. The Labute approximate surface area is 99.5 Å². The van der Waals surface area contributed by atoms with Crippen molar-refractivity contribution in [2.24, 2.45) is 11.8 Å². The normalized spacial score (nSPS) is 9.88. The zero-order valence-corrected chi connectivity index (χ0v) is 11.0. The Kier molecular flexibility index (Phi) is 13.4. The summed E-state index contributed by atoms with van der Waals surface area (Å²) in [5, 5.41) is 7.60. The van der Waals surface area contributed by atoms with Crippen LogP contribution in [0.5, 0.6) is 0 Å². The van der Waals surface area contributed by atoms with E-state index in [9.17, 15) is 4.79 Å². The summed E-state index contributed by atoms with van der Waals surface area (Å²) >= 11 is 0. The molecule has 0 aromatic heterocycles. The minimum Gasteiger partial charge on any atom is -0.478 e. The highest BCUT2D eigenvalue weighted by Gasteiger charge is 1.95. The summed E-state index contributed by atoms with van der Waals surface area (Å²) in [6.07, 6.45) is 3.22. The van der Waals surface area contributed by atoms with E-state index in [1.807, 2.05) is 0 Å². The van der Waals surface area contributed by atoms with Gasteiger partial charge < -0.3 is 9.84 Å². The van der Waals surface area contributed by atoms with Gasteiger partial charge in [0, 0.05) is 19.3 Å². The third-order valence-electron chi connectivity index (χ3n) is 1.85. The molecule has 0 atom stereocenters. The molecule has 0 aliphatic rings. The Morgan fingerprint density at radius 2 is 1.50 bits per heavy atom. The molecule has 16 heavy (non-hydrogen) atoms. The lowest BCUT2D eigenvalue weighted by atomic mass is 10.1. The van der Waals surface area contributed by atoms with Gasteiger partial charge in [0.1, 0.15) is 0 Å². The van der Waals surface area contributed by atoms with Gasteiger partial charge in [-0.15, -0.1) is 0 Å². The monoisotopic (exact) mass is 230 g/mol. The predicted octanol–water partition coefficient (Wildman–Crippen LogP) is 3.35. The Morgan fingerprint density at radius 1 is 1.19 bits per heavy atom. The van der Waals surface area contributed by atoms with E-state index in [2.05, 4.69) is 34.3 Å². The second-order valence-corrected chi connectivity index (χ2v) is 4.52. The molecular formula is C13H26O3. The van der Waals surface area contributed by atoms with Gasteiger partial charge in [0.05, 0.1) is 0 Å². The summed E-state index contributed by atoms with van der Waals surface area (Å²) in [4.78, 5) is 9.25. The van der Waals surface area contributed by atoms with Gasteiger partial charge in [0.15, 0.2) is 0 Å². The molecule has 0 bridgehead atoms. The van der Waals surface area contributed by atoms with Crippen LogP contribution in [0.25, 0.3) is 0 Å². The van der Waals surface area contributed by atoms with E-state index in [0.717, 1.165) is 31.1 Å². The molecule has 0 saturated heterocycles. The van der Waals surface area contributed by atoms with Crippen LogP contribution < -0.4 is 0 Å². The van der Waals surface area contributed by atoms with E-state index in [1.54, 1.807) is 0 Å². The van der Waals surface area contributed by atoms with Gasteiger partial charge in [-0.3, -0.25) is 0 Å². The van der Waals surface area contributed by atoms with Crippen LogP contribution >= 0.6 is 0 Å². The first-order valence-electron chi connectivity index (χ1n) is 5.83. The molecular weight excluding hydrogens is 204 g/mol. The van der Waals surface area contributed by atoms with Crippen molar-refractivity contribution in [1.29, 1.82) is 0 Å². The lowest BCUT2D eigenvalue weighted by molar-refractivity contribution is -0.131. The minimum atomic E-state index is -0.981.